The number of anilines is 1. The number of hydrogen-bond donors (Lipinski definition) is 2. The molecule has 2 heterocycles. The fourth-order valence-electron chi connectivity index (χ4n) is 1.46. The predicted octanol–water partition coefficient (Wildman–Crippen LogP) is 1.50. The number of carboxylic acid groups (broad SMARTS) is 1. The Balaban J connectivity index is 2.04. The lowest BCUT2D eigenvalue weighted by atomic mass is 10.2. The maximum Gasteiger partial charge on any atom is 0.309 e. The highest BCUT2D eigenvalue weighted by molar-refractivity contribution is 6.02. The Labute approximate surface area is 113 Å². The van der Waals surface area contributed by atoms with Crippen LogP contribution < -0.4 is 5.32 Å². The van der Waals surface area contributed by atoms with Crippen molar-refractivity contribution >= 4 is 17.6 Å². The number of nitrogens with zero attached hydrogens (tertiary/aromatic N) is 2. The average Bonchev–Trinajstić information content (AvgIpc) is 2.41. The molecule has 0 saturated carbocycles. The van der Waals surface area contributed by atoms with E-state index >= 15 is 0 Å². The lowest BCUT2D eigenvalue weighted by molar-refractivity contribution is -0.136. The lowest BCUT2D eigenvalue weighted by Gasteiger charge is -2.04. The summed E-state index contributed by atoms with van der Waals surface area (Å²) in [6.45, 7) is 0. The number of halogens is 1. The van der Waals surface area contributed by atoms with E-state index in [1.165, 1.54) is 24.4 Å². The van der Waals surface area contributed by atoms with Gasteiger partial charge in [0.2, 0.25) is 0 Å². The van der Waals surface area contributed by atoms with Crippen molar-refractivity contribution in [1.82, 2.24) is 9.97 Å². The summed E-state index contributed by atoms with van der Waals surface area (Å²) in [7, 11) is 0. The van der Waals surface area contributed by atoms with E-state index in [1.807, 2.05) is 0 Å². The van der Waals surface area contributed by atoms with Crippen molar-refractivity contribution in [2.45, 2.75) is 6.42 Å². The molecule has 0 aromatic carbocycles. The van der Waals surface area contributed by atoms with Crippen LogP contribution in [-0.4, -0.2) is 27.0 Å². The van der Waals surface area contributed by atoms with Crippen LogP contribution >= 0.6 is 0 Å². The number of hydrogen-bond acceptors (Lipinski definition) is 4. The summed E-state index contributed by atoms with van der Waals surface area (Å²) in [5, 5.41) is 11.1. The SMILES string of the molecule is O=C(O)Cc1ccc(NC(=O)c2ccc(F)cn2)cn1. The Kier molecular flexibility index (Phi) is 3.99. The monoisotopic (exact) mass is 275 g/mol. The van der Waals surface area contributed by atoms with Gasteiger partial charge in [-0.15, -0.1) is 0 Å². The molecule has 0 aliphatic rings. The summed E-state index contributed by atoms with van der Waals surface area (Å²) in [6.07, 6.45) is 2.11. The number of rotatable bonds is 4. The first kappa shape index (κ1) is 13.6. The molecule has 2 aromatic rings. The van der Waals surface area contributed by atoms with Crippen molar-refractivity contribution in [2.24, 2.45) is 0 Å². The third-order valence-corrected chi connectivity index (χ3v) is 2.37. The third kappa shape index (κ3) is 3.58. The zero-order valence-electron chi connectivity index (χ0n) is 10.2. The summed E-state index contributed by atoms with van der Waals surface area (Å²) in [6, 6.07) is 5.43. The van der Waals surface area contributed by atoms with Crippen LogP contribution in [0.4, 0.5) is 10.1 Å². The molecule has 0 bridgehead atoms. The number of carboxylic acids is 1. The minimum atomic E-state index is -0.982. The van der Waals surface area contributed by atoms with E-state index in [-0.39, 0.29) is 12.1 Å². The van der Waals surface area contributed by atoms with Gasteiger partial charge in [-0.25, -0.2) is 9.37 Å². The summed E-state index contributed by atoms with van der Waals surface area (Å²) in [5.74, 6) is -2.01. The molecule has 0 unspecified atom stereocenters. The Bertz CT molecular complexity index is 626. The van der Waals surface area contributed by atoms with Gasteiger partial charge in [-0.2, -0.15) is 0 Å². The van der Waals surface area contributed by atoms with E-state index in [0.717, 1.165) is 12.3 Å². The number of pyridine rings is 2. The Morgan fingerprint density at radius 3 is 2.50 bits per heavy atom. The van der Waals surface area contributed by atoms with Gasteiger partial charge in [-0.3, -0.25) is 14.6 Å². The van der Waals surface area contributed by atoms with Crippen molar-refractivity contribution in [2.75, 3.05) is 5.32 Å². The summed E-state index contributed by atoms with van der Waals surface area (Å²) in [4.78, 5) is 29.8. The molecule has 102 valence electrons. The van der Waals surface area contributed by atoms with Gasteiger partial charge in [0.05, 0.1) is 30.2 Å². The topological polar surface area (TPSA) is 92.2 Å². The minimum absolute atomic E-state index is 0.0704. The van der Waals surface area contributed by atoms with E-state index in [2.05, 4.69) is 15.3 Å². The van der Waals surface area contributed by atoms with Crippen LogP contribution in [0.3, 0.4) is 0 Å². The van der Waals surface area contributed by atoms with Gasteiger partial charge < -0.3 is 10.4 Å². The molecule has 6 nitrogen and oxygen atoms in total. The molecule has 2 N–H and O–H groups in total. The number of carbonyl (C=O) groups is 2. The molecule has 0 fully saturated rings. The average molecular weight is 275 g/mol. The highest BCUT2D eigenvalue weighted by atomic mass is 19.1. The maximum atomic E-state index is 12.7. The number of aromatic nitrogens is 2. The molecule has 1 amide bonds. The molecule has 0 radical (unpaired) electrons. The largest absolute Gasteiger partial charge is 0.481 e. The van der Waals surface area contributed by atoms with E-state index in [4.69, 9.17) is 5.11 Å². The van der Waals surface area contributed by atoms with Crippen LogP contribution in [0.5, 0.6) is 0 Å². The first-order valence-corrected chi connectivity index (χ1v) is 5.64. The van der Waals surface area contributed by atoms with Crippen LogP contribution in [0.1, 0.15) is 16.2 Å². The van der Waals surface area contributed by atoms with Gasteiger partial charge in [-0.05, 0) is 24.3 Å². The molecule has 0 atom stereocenters. The highest BCUT2D eigenvalue weighted by Crippen LogP contribution is 2.09. The molecule has 2 rings (SSSR count). The van der Waals surface area contributed by atoms with E-state index < -0.39 is 17.7 Å². The molecular formula is C13H10FN3O3. The van der Waals surface area contributed by atoms with Gasteiger partial charge in [0.15, 0.2) is 0 Å². The fraction of sp³-hybridized carbons (Fsp3) is 0.0769. The van der Waals surface area contributed by atoms with Gasteiger partial charge in [-0.1, -0.05) is 0 Å². The van der Waals surface area contributed by atoms with Crippen LogP contribution in [-0.2, 0) is 11.2 Å². The van der Waals surface area contributed by atoms with Gasteiger partial charge in [0.25, 0.3) is 5.91 Å². The Hall–Kier alpha value is -2.83. The third-order valence-electron chi connectivity index (χ3n) is 2.37. The van der Waals surface area contributed by atoms with Gasteiger partial charge in [0, 0.05) is 0 Å². The number of aliphatic carboxylic acids is 1. The minimum Gasteiger partial charge on any atom is -0.481 e. The normalized spacial score (nSPS) is 10.1. The van der Waals surface area contributed by atoms with Crippen LogP contribution in [0, 0.1) is 5.82 Å². The second kappa shape index (κ2) is 5.87. The van der Waals surface area contributed by atoms with Gasteiger partial charge in [0.1, 0.15) is 11.5 Å². The molecule has 7 heteroatoms. The van der Waals surface area contributed by atoms with E-state index in [1.54, 1.807) is 0 Å². The standard InChI is InChI=1S/C13H10FN3O3/c14-8-1-4-11(16-6-8)13(20)17-10-3-2-9(15-7-10)5-12(18)19/h1-4,6-7H,5H2,(H,17,20)(H,18,19). The van der Waals surface area contributed by atoms with E-state index in [9.17, 15) is 14.0 Å². The number of amides is 1. The van der Waals surface area contributed by atoms with Gasteiger partial charge >= 0.3 is 5.97 Å². The van der Waals surface area contributed by atoms with Crippen LogP contribution in [0.15, 0.2) is 36.7 Å². The van der Waals surface area contributed by atoms with E-state index in [0.29, 0.717) is 11.4 Å². The molecule has 0 aliphatic heterocycles. The zero-order valence-corrected chi connectivity index (χ0v) is 10.2. The first-order chi connectivity index (χ1) is 9.54. The fourth-order valence-corrected chi connectivity index (χ4v) is 1.46. The quantitative estimate of drug-likeness (QED) is 0.882. The summed E-state index contributed by atoms with van der Waals surface area (Å²) < 4.78 is 12.7. The molecule has 2 aromatic heterocycles. The Morgan fingerprint density at radius 2 is 1.95 bits per heavy atom. The second-order valence-electron chi connectivity index (χ2n) is 3.92. The highest BCUT2D eigenvalue weighted by Gasteiger charge is 2.08. The lowest BCUT2D eigenvalue weighted by Crippen LogP contribution is -2.14. The number of carbonyl (C=O) groups excluding carboxylic acids is 1. The molecule has 0 aliphatic carbocycles. The smallest absolute Gasteiger partial charge is 0.309 e. The van der Waals surface area contributed by atoms with Crippen molar-refractivity contribution < 1.29 is 19.1 Å². The second-order valence-corrected chi connectivity index (χ2v) is 3.92. The maximum absolute atomic E-state index is 12.7. The summed E-state index contributed by atoms with van der Waals surface area (Å²) >= 11 is 0. The molecule has 0 spiro atoms. The number of nitrogens with one attached hydrogen (secondary N) is 1. The van der Waals surface area contributed by atoms with Crippen molar-refractivity contribution in [1.29, 1.82) is 0 Å². The van der Waals surface area contributed by atoms with Crippen molar-refractivity contribution in [3.05, 3.63) is 53.9 Å². The zero-order chi connectivity index (χ0) is 14.5. The summed E-state index contributed by atoms with van der Waals surface area (Å²) in [5.41, 5.74) is 0.853. The molecular weight excluding hydrogens is 265 g/mol. The van der Waals surface area contributed by atoms with Crippen LogP contribution in [0.2, 0.25) is 0 Å². The van der Waals surface area contributed by atoms with Crippen molar-refractivity contribution in [3.8, 4) is 0 Å². The Morgan fingerprint density at radius 1 is 1.15 bits per heavy atom. The predicted molar refractivity (Wildman–Crippen MR) is 67.7 cm³/mol. The van der Waals surface area contributed by atoms with Crippen molar-refractivity contribution in [3.63, 3.8) is 0 Å². The first-order valence-electron chi connectivity index (χ1n) is 5.64. The van der Waals surface area contributed by atoms with Crippen LogP contribution in [0.25, 0.3) is 0 Å². The molecule has 20 heavy (non-hydrogen) atoms. The molecule has 0 saturated heterocycles.